The smallest absolute Gasteiger partial charge is 0.0986 e. The molecule has 0 bridgehead atoms. The second kappa shape index (κ2) is 6.37. The first-order chi connectivity index (χ1) is 7.20. The standard InChI is InChI=1S/C12H25N2P/c1-4-6-8-11-12(9-7-5-2)14(15)10(3)13-11/h10,13H,4-9,15H2,1-3H3. The molecule has 2 unspecified atom stereocenters. The zero-order valence-electron chi connectivity index (χ0n) is 10.3. The Balaban J connectivity index is 2.60. The maximum absolute atomic E-state index is 3.58. The molecule has 0 radical (unpaired) electrons. The molecule has 1 aliphatic rings. The molecule has 2 nitrogen and oxygen atoms in total. The summed E-state index contributed by atoms with van der Waals surface area (Å²) in [6, 6.07) is 0. The molecule has 0 saturated carbocycles. The Hall–Kier alpha value is -0.230. The fraction of sp³-hybridized carbons (Fsp3) is 0.833. The molecule has 0 spiro atoms. The maximum Gasteiger partial charge on any atom is 0.0986 e. The molecular weight excluding hydrogens is 203 g/mol. The van der Waals surface area contributed by atoms with Crippen LogP contribution in [0, 0.1) is 0 Å². The van der Waals surface area contributed by atoms with Crippen LogP contribution in [-0.2, 0) is 0 Å². The van der Waals surface area contributed by atoms with Crippen molar-refractivity contribution in [2.45, 2.75) is 65.5 Å². The van der Waals surface area contributed by atoms with Gasteiger partial charge in [-0.25, -0.2) is 0 Å². The van der Waals surface area contributed by atoms with Crippen molar-refractivity contribution in [3.05, 3.63) is 11.4 Å². The van der Waals surface area contributed by atoms with Crippen molar-refractivity contribution in [1.29, 1.82) is 0 Å². The van der Waals surface area contributed by atoms with Gasteiger partial charge in [0.15, 0.2) is 0 Å². The molecule has 0 aromatic carbocycles. The average molecular weight is 228 g/mol. The highest BCUT2D eigenvalue weighted by atomic mass is 31.0. The Labute approximate surface area is 96.8 Å². The van der Waals surface area contributed by atoms with Gasteiger partial charge < -0.3 is 9.99 Å². The van der Waals surface area contributed by atoms with Crippen LogP contribution in [0.3, 0.4) is 0 Å². The second-order valence-corrected chi connectivity index (χ2v) is 4.92. The maximum atomic E-state index is 3.58. The summed E-state index contributed by atoms with van der Waals surface area (Å²) in [5.41, 5.74) is 3.00. The highest BCUT2D eigenvalue weighted by Gasteiger charge is 2.23. The zero-order valence-corrected chi connectivity index (χ0v) is 11.5. The van der Waals surface area contributed by atoms with Gasteiger partial charge in [0.25, 0.3) is 0 Å². The summed E-state index contributed by atoms with van der Waals surface area (Å²) in [6.07, 6.45) is 8.03. The summed E-state index contributed by atoms with van der Waals surface area (Å²) >= 11 is 0. The SMILES string of the molecule is CCCCC1=C(CCCC)N(P)C(C)N1. The minimum absolute atomic E-state index is 0.453. The number of hydrogen-bond acceptors (Lipinski definition) is 2. The van der Waals surface area contributed by atoms with E-state index in [0.717, 1.165) is 0 Å². The molecule has 1 N–H and O–H groups in total. The zero-order chi connectivity index (χ0) is 11.3. The van der Waals surface area contributed by atoms with E-state index in [1.807, 2.05) is 0 Å². The van der Waals surface area contributed by atoms with Crippen molar-refractivity contribution in [3.8, 4) is 0 Å². The third-order valence-electron chi connectivity index (χ3n) is 3.01. The molecule has 15 heavy (non-hydrogen) atoms. The summed E-state index contributed by atoms with van der Waals surface area (Å²) < 4.78 is 2.32. The van der Waals surface area contributed by atoms with Crippen LogP contribution in [0.15, 0.2) is 11.4 Å². The van der Waals surface area contributed by atoms with E-state index >= 15 is 0 Å². The van der Waals surface area contributed by atoms with Crippen LogP contribution in [0.4, 0.5) is 0 Å². The fourth-order valence-electron chi connectivity index (χ4n) is 1.99. The molecule has 88 valence electrons. The van der Waals surface area contributed by atoms with Crippen LogP contribution in [0.25, 0.3) is 0 Å². The van der Waals surface area contributed by atoms with Crippen molar-refractivity contribution in [2.75, 3.05) is 0 Å². The van der Waals surface area contributed by atoms with E-state index < -0.39 is 0 Å². The molecule has 0 fully saturated rings. The third-order valence-corrected chi connectivity index (χ3v) is 3.77. The minimum Gasteiger partial charge on any atom is -0.367 e. The molecule has 0 saturated heterocycles. The van der Waals surface area contributed by atoms with Crippen molar-refractivity contribution >= 4 is 9.39 Å². The normalized spacial score (nSPS) is 21.1. The predicted octanol–water partition coefficient (Wildman–Crippen LogP) is 3.62. The first-order valence-electron chi connectivity index (χ1n) is 6.23. The summed E-state index contributed by atoms with van der Waals surface area (Å²) in [7, 11) is 2.85. The van der Waals surface area contributed by atoms with Gasteiger partial charge in [0, 0.05) is 11.4 Å². The molecular formula is C12H25N2P. The summed E-state index contributed by atoms with van der Waals surface area (Å²) in [6.45, 7) is 6.73. The van der Waals surface area contributed by atoms with E-state index in [-0.39, 0.29) is 0 Å². The van der Waals surface area contributed by atoms with E-state index in [2.05, 4.69) is 40.1 Å². The predicted molar refractivity (Wildman–Crippen MR) is 70.2 cm³/mol. The van der Waals surface area contributed by atoms with Crippen molar-refractivity contribution in [3.63, 3.8) is 0 Å². The van der Waals surface area contributed by atoms with E-state index in [9.17, 15) is 0 Å². The molecule has 0 aromatic heterocycles. The molecule has 2 atom stereocenters. The summed E-state index contributed by atoms with van der Waals surface area (Å²) in [5, 5.41) is 3.58. The van der Waals surface area contributed by atoms with Gasteiger partial charge in [0.2, 0.25) is 0 Å². The fourth-order valence-corrected chi connectivity index (χ4v) is 2.35. The van der Waals surface area contributed by atoms with Gasteiger partial charge in [0.05, 0.1) is 6.17 Å². The number of nitrogens with one attached hydrogen (secondary N) is 1. The second-order valence-electron chi connectivity index (χ2n) is 4.36. The number of rotatable bonds is 6. The Morgan fingerprint density at radius 2 is 1.80 bits per heavy atom. The largest absolute Gasteiger partial charge is 0.367 e. The molecule has 0 amide bonds. The Morgan fingerprint density at radius 3 is 2.40 bits per heavy atom. The number of allylic oxidation sites excluding steroid dienone is 2. The van der Waals surface area contributed by atoms with Crippen molar-refractivity contribution in [1.82, 2.24) is 9.99 Å². The third kappa shape index (κ3) is 3.38. The minimum atomic E-state index is 0.453. The molecule has 0 aromatic rings. The molecule has 3 heteroatoms. The van der Waals surface area contributed by atoms with Crippen molar-refractivity contribution < 1.29 is 0 Å². The van der Waals surface area contributed by atoms with E-state index in [4.69, 9.17) is 0 Å². The lowest BCUT2D eigenvalue weighted by Gasteiger charge is -2.20. The average Bonchev–Trinajstić information content (AvgIpc) is 2.50. The monoisotopic (exact) mass is 228 g/mol. The van der Waals surface area contributed by atoms with Gasteiger partial charge in [-0.05, 0) is 42.0 Å². The van der Waals surface area contributed by atoms with E-state index in [1.165, 1.54) is 49.9 Å². The van der Waals surface area contributed by atoms with Crippen LogP contribution in [-0.4, -0.2) is 10.8 Å². The molecule has 1 rings (SSSR count). The quantitative estimate of drug-likeness (QED) is 0.698. The van der Waals surface area contributed by atoms with Crippen LogP contribution in [0.1, 0.15) is 59.3 Å². The Bertz CT molecular complexity index is 226. The van der Waals surface area contributed by atoms with Gasteiger partial charge in [-0.2, -0.15) is 0 Å². The van der Waals surface area contributed by atoms with Crippen LogP contribution < -0.4 is 5.32 Å². The lowest BCUT2D eigenvalue weighted by atomic mass is 10.1. The first kappa shape index (κ1) is 12.8. The lowest BCUT2D eigenvalue weighted by molar-refractivity contribution is 0.434. The van der Waals surface area contributed by atoms with Crippen molar-refractivity contribution in [2.24, 2.45) is 0 Å². The van der Waals surface area contributed by atoms with E-state index in [1.54, 1.807) is 0 Å². The molecule has 1 heterocycles. The Kier molecular flexibility index (Phi) is 5.45. The number of unbranched alkanes of at least 4 members (excludes halogenated alkanes) is 2. The summed E-state index contributed by atoms with van der Waals surface area (Å²) in [5.74, 6) is 0. The number of nitrogens with zero attached hydrogens (tertiary/aromatic N) is 1. The topological polar surface area (TPSA) is 15.3 Å². The van der Waals surface area contributed by atoms with Gasteiger partial charge in [-0.15, -0.1) is 0 Å². The van der Waals surface area contributed by atoms with Gasteiger partial charge in [-0.1, -0.05) is 26.7 Å². The highest BCUT2D eigenvalue weighted by molar-refractivity contribution is 7.13. The van der Waals surface area contributed by atoms with Gasteiger partial charge in [-0.3, -0.25) is 0 Å². The van der Waals surface area contributed by atoms with Gasteiger partial charge in [0.1, 0.15) is 0 Å². The molecule has 0 aliphatic carbocycles. The van der Waals surface area contributed by atoms with Crippen LogP contribution >= 0.6 is 9.39 Å². The Morgan fingerprint density at radius 1 is 1.20 bits per heavy atom. The first-order valence-corrected chi connectivity index (χ1v) is 6.74. The van der Waals surface area contributed by atoms with Gasteiger partial charge >= 0.3 is 0 Å². The van der Waals surface area contributed by atoms with E-state index in [0.29, 0.717) is 6.17 Å². The van der Waals surface area contributed by atoms with Crippen LogP contribution in [0.5, 0.6) is 0 Å². The summed E-state index contributed by atoms with van der Waals surface area (Å²) in [4.78, 5) is 0. The highest BCUT2D eigenvalue weighted by Crippen LogP contribution is 2.30. The lowest BCUT2D eigenvalue weighted by Crippen LogP contribution is -2.27. The number of hydrogen-bond donors (Lipinski definition) is 1. The molecule has 1 aliphatic heterocycles. The van der Waals surface area contributed by atoms with Crippen LogP contribution in [0.2, 0.25) is 0 Å².